The van der Waals surface area contributed by atoms with Crippen LogP contribution < -0.4 is 14.8 Å². The van der Waals surface area contributed by atoms with Gasteiger partial charge in [-0.2, -0.15) is 5.26 Å². The van der Waals surface area contributed by atoms with E-state index in [1.807, 2.05) is 25.1 Å². The molecule has 15 heavy (non-hydrogen) atoms. The van der Waals surface area contributed by atoms with Gasteiger partial charge in [-0.25, -0.2) is 0 Å². The molecule has 1 aromatic carbocycles. The molecule has 0 bridgehead atoms. The topological polar surface area (TPSA) is 54.3 Å². The standard InChI is InChI=1S/C11H12N2O2/c1-8-4-10-11(15-7-14-10)5-9(8)6-13-3-2-12/h4-5,13H,3,6-7H2,1H3. The zero-order chi connectivity index (χ0) is 10.7. The summed E-state index contributed by atoms with van der Waals surface area (Å²) < 4.78 is 10.6. The van der Waals surface area contributed by atoms with Crippen molar-refractivity contribution in [3.05, 3.63) is 23.3 Å². The third-order valence-electron chi connectivity index (χ3n) is 2.35. The molecule has 1 aromatic rings. The van der Waals surface area contributed by atoms with Gasteiger partial charge < -0.3 is 14.8 Å². The molecule has 0 amide bonds. The van der Waals surface area contributed by atoms with E-state index < -0.39 is 0 Å². The maximum Gasteiger partial charge on any atom is 0.231 e. The highest BCUT2D eigenvalue weighted by molar-refractivity contribution is 5.48. The Morgan fingerprint density at radius 1 is 1.40 bits per heavy atom. The van der Waals surface area contributed by atoms with E-state index in [9.17, 15) is 0 Å². The number of nitriles is 1. The average Bonchev–Trinajstić information content (AvgIpc) is 2.65. The van der Waals surface area contributed by atoms with E-state index in [1.165, 1.54) is 0 Å². The van der Waals surface area contributed by atoms with Crippen molar-refractivity contribution in [2.24, 2.45) is 0 Å². The third kappa shape index (κ3) is 2.03. The Kier molecular flexibility index (Phi) is 2.75. The lowest BCUT2D eigenvalue weighted by Crippen LogP contribution is -2.13. The van der Waals surface area contributed by atoms with E-state index in [2.05, 4.69) is 5.32 Å². The van der Waals surface area contributed by atoms with Gasteiger partial charge in [-0.05, 0) is 30.2 Å². The van der Waals surface area contributed by atoms with Crippen LogP contribution in [0.4, 0.5) is 0 Å². The van der Waals surface area contributed by atoms with Crippen LogP contribution in [0.25, 0.3) is 0 Å². The van der Waals surface area contributed by atoms with Gasteiger partial charge in [0, 0.05) is 6.54 Å². The Morgan fingerprint density at radius 2 is 2.13 bits per heavy atom. The summed E-state index contributed by atoms with van der Waals surface area (Å²) in [4.78, 5) is 0. The maximum atomic E-state index is 8.41. The lowest BCUT2D eigenvalue weighted by atomic mass is 10.1. The van der Waals surface area contributed by atoms with Crippen LogP contribution in [0.5, 0.6) is 11.5 Å². The van der Waals surface area contributed by atoms with Crippen LogP contribution in [0.1, 0.15) is 11.1 Å². The van der Waals surface area contributed by atoms with E-state index in [0.29, 0.717) is 19.9 Å². The molecule has 4 nitrogen and oxygen atoms in total. The largest absolute Gasteiger partial charge is 0.454 e. The Balaban J connectivity index is 2.14. The van der Waals surface area contributed by atoms with Crippen molar-refractivity contribution < 1.29 is 9.47 Å². The molecule has 0 radical (unpaired) electrons. The van der Waals surface area contributed by atoms with Gasteiger partial charge in [0.2, 0.25) is 6.79 Å². The van der Waals surface area contributed by atoms with E-state index in [4.69, 9.17) is 14.7 Å². The fraction of sp³-hybridized carbons (Fsp3) is 0.364. The molecule has 0 aliphatic carbocycles. The predicted octanol–water partition coefficient (Wildman–Crippen LogP) is 1.34. The molecule has 1 heterocycles. The summed E-state index contributed by atoms with van der Waals surface area (Å²) in [7, 11) is 0. The smallest absolute Gasteiger partial charge is 0.231 e. The first-order valence-electron chi connectivity index (χ1n) is 4.78. The summed E-state index contributed by atoms with van der Waals surface area (Å²) in [5.74, 6) is 1.59. The number of rotatable bonds is 3. The maximum absolute atomic E-state index is 8.41. The lowest BCUT2D eigenvalue weighted by molar-refractivity contribution is 0.174. The molecule has 0 fully saturated rings. The van der Waals surface area contributed by atoms with Crippen molar-refractivity contribution in [3.63, 3.8) is 0 Å². The molecule has 1 N–H and O–H groups in total. The molecule has 0 saturated heterocycles. The summed E-state index contributed by atoms with van der Waals surface area (Å²) in [6.07, 6.45) is 0. The summed E-state index contributed by atoms with van der Waals surface area (Å²) in [5, 5.41) is 11.4. The van der Waals surface area contributed by atoms with Crippen molar-refractivity contribution in [1.29, 1.82) is 5.26 Å². The first-order chi connectivity index (χ1) is 7.31. The van der Waals surface area contributed by atoms with Gasteiger partial charge in [0.15, 0.2) is 11.5 Å². The molecule has 0 aromatic heterocycles. The van der Waals surface area contributed by atoms with Crippen LogP contribution in [0.2, 0.25) is 0 Å². The van der Waals surface area contributed by atoms with Crippen LogP contribution in [-0.2, 0) is 6.54 Å². The monoisotopic (exact) mass is 204 g/mol. The minimum absolute atomic E-state index is 0.295. The van der Waals surface area contributed by atoms with Gasteiger partial charge in [-0.15, -0.1) is 0 Å². The number of hydrogen-bond acceptors (Lipinski definition) is 4. The van der Waals surface area contributed by atoms with Gasteiger partial charge >= 0.3 is 0 Å². The number of benzene rings is 1. The summed E-state index contributed by atoms with van der Waals surface area (Å²) in [5.41, 5.74) is 2.28. The quantitative estimate of drug-likeness (QED) is 0.596. The van der Waals surface area contributed by atoms with E-state index in [1.54, 1.807) is 0 Å². The average molecular weight is 204 g/mol. The van der Waals surface area contributed by atoms with Crippen LogP contribution in [-0.4, -0.2) is 13.3 Å². The van der Waals surface area contributed by atoms with Crippen LogP contribution in [0.15, 0.2) is 12.1 Å². The van der Waals surface area contributed by atoms with Crippen molar-refractivity contribution >= 4 is 0 Å². The summed E-state index contributed by atoms with van der Waals surface area (Å²) in [6.45, 7) is 3.35. The minimum atomic E-state index is 0.295. The zero-order valence-electron chi connectivity index (χ0n) is 8.54. The Morgan fingerprint density at radius 3 is 2.87 bits per heavy atom. The van der Waals surface area contributed by atoms with Crippen LogP contribution in [0.3, 0.4) is 0 Å². The highest BCUT2D eigenvalue weighted by Gasteiger charge is 2.15. The van der Waals surface area contributed by atoms with E-state index in [-0.39, 0.29) is 0 Å². The number of aryl methyl sites for hydroxylation is 1. The second-order valence-electron chi connectivity index (χ2n) is 3.39. The third-order valence-corrected chi connectivity index (χ3v) is 2.35. The van der Waals surface area contributed by atoms with Gasteiger partial charge in [-0.1, -0.05) is 0 Å². The molecule has 2 rings (SSSR count). The number of ether oxygens (including phenoxy) is 2. The SMILES string of the molecule is Cc1cc2c(cc1CNCC#N)OCO2. The first kappa shape index (κ1) is 9.81. The zero-order valence-corrected chi connectivity index (χ0v) is 8.54. The fourth-order valence-electron chi connectivity index (χ4n) is 1.53. The number of fused-ring (bicyclic) bond motifs is 1. The minimum Gasteiger partial charge on any atom is -0.454 e. The molecule has 0 spiro atoms. The Labute approximate surface area is 88.4 Å². The molecule has 1 aliphatic rings. The molecule has 0 atom stereocenters. The molecular formula is C11H12N2O2. The van der Waals surface area contributed by atoms with E-state index >= 15 is 0 Å². The van der Waals surface area contributed by atoms with E-state index in [0.717, 1.165) is 22.6 Å². The molecule has 78 valence electrons. The summed E-state index contributed by atoms with van der Waals surface area (Å²) in [6, 6.07) is 5.97. The van der Waals surface area contributed by atoms with Crippen molar-refractivity contribution in [1.82, 2.24) is 5.32 Å². The molecule has 0 unspecified atom stereocenters. The Bertz CT molecular complexity index is 410. The second kappa shape index (κ2) is 4.20. The fourth-order valence-corrected chi connectivity index (χ4v) is 1.53. The first-order valence-corrected chi connectivity index (χ1v) is 4.78. The number of nitrogens with one attached hydrogen (secondary N) is 1. The molecule has 0 saturated carbocycles. The number of nitrogens with zero attached hydrogens (tertiary/aromatic N) is 1. The van der Waals surface area contributed by atoms with Gasteiger partial charge in [-0.3, -0.25) is 0 Å². The second-order valence-corrected chi connectivity index (χ2v) is 3.39. The highest BCUT2D eigenvalue weighted by Crippen LogP contribution is 2.34. The molecule has 4 heteroatoms. The van der Waals surface area contributed by atoms with Gasteiger partial charge in [0.1, 0.15) is 0 Å². The summed E-state index contributed by atoms with van der Waals surface area (Å²) >= 11 is 0. The normalized spacial score (nSPS) is 12.5. The number of hydrogen-bond donors (Lipinski definition) is 1. The van der Waals surface area contributed by atoms with Crippen LogP contribution >= 0.6 is 0 Å². The van der Waals surface area contributed by atoms with Crippen molar-refractivity contribution in [3.8, 4) is 17.6 Å². The van der Waals surface area contributed by atoms with Crippen molar-refractivity contribution in [2.75, 3.05) is 13.3 Å². The van der Waals surface area contributed by atoms with Gasteiger partial charge in [0.25, 0.3) is 0 Å². The lowest BCUT2D eigenvalue weighted by Gasteiger charge is -2.07. The van der Waals surface area contributed by atoms with Gasteiger partial charge in [0.05, 0.1) is 12.6 Å². The molecular weight excluding hydrogens is 192 g/mol. The highest BCUT2D eigenvalue weighted by atomic mass is 16.7. The molecule has 1 aliphatic heterocycles. The van der Waals surface area contributed by atoms with Crippen molar-refractivity contribution in [2.45, 2.75) is 13.5 Å². The van der Waals surface area contributed by atoms with Crippen LogP contribution in [0, 0.1) is 18.3 Å². The Hall–Kier alpha value is -1.73. The predicted molar refractivity (Wildman–Crippen MR) is 54.6 cm³/mol.